The van der Waals surface area contributed by atoms with E-state index in [0.29, 0.717) is 11.3 Å². The number of hydrogen-bond donors (Lipinski definition) is 1. The lowest BCUT2D eigenvalue weighted by Crippen LogP contribution is -2.56. The molecule has 0 bridgehead atoms. The van der Waals surface area contributed by atoms with E-state index in [4.69, 9.17) is 0 Å². The Bertz CT molecular complexity index is 537. The predicted molar refractivity (Wildman–Crippen MR) is 93.0 cm³/mol. The fourth-order valence-electron chi connectivity index (χ4n) is 4.07. The van der Waals surface area contributed by atoms with Crippen LogP contribution in [0.2, 0.25) is 0 Å². The highest BCUT2D eigenvalue weighted by Gasteiger charge is 2.51. The van der Waals surface area contributed by atoms with Gasteiger partial charge in [0.05, 0.1) is 6.04 Å². The summed E-state index contributed by atoms with van der Waals surface area (Å²) in [4.78, 5) is 17.1. The van der Waals surface area contributed by atoms with Crippen molar-refractivity contribution in [2.24, 2.45) is 11.3 Å². The zero-order valence-corrected chi connectivity index (χ0v) is 14.6. The van der Waals surface area contributed by atoms with Gasteiger partial charge in [0.25, 0.3) is 0 Å². The van der Waals surface area contributed by atoms with Crippen molar-refractivity contribution in [1.29, 1.82) is 0 Å². The lowest BCUT2D eigenvalue weighted by molar-refractivity contribution is -0.125. The molecule has 1 N–H and O–H groups in total. The minimum atomic E-state index is 0.0487. The zero-order chi connectivity index (χ0) is 16.4. The number of likely N-dealkylation sites (N-methyl/N-ethyl adjacent to an activating group) is 1. The van der Waals surface area contributed by atoms with Gasteiger partial charge in [-0.3, -0.25) is 14.6 Å². The second kappa shape index (κ2) is 6.62. The van der Waals surface area contributed by atoms with Gasteiger partial charge >= 0.3 is 0 Å². The molecule has 1 atom stereocenters. The van der Waals surface area contributed by atoms with E-state index in [9.17, 15) is 4.79 Å². The molecule has 0 saturated carbocycles. The van der Waals surface area contributed by atoms with Crippen molar-refractivity contribution in [3.8, 4) is 0 Å². The number of benzene rings is 1. The lowest BCUT2D eigenvalue weighted by atomic mass is 9.77. The fourth-order valence-corrected chi connectivity index (χ4v) is 4.07. The molecule has 2 heterocycles. The Morgan fingerprint density at radius 1 is 1.26 bits per heavy atom. The van der Waals surface area contributed by atoms with Crippen molar-refractivity contribution in [3.63, 3.8) is 0 Å². The molecule has 4 heteroatoms. The first-order valence-corrected chi connectivity index (χ1v) is 8.72. The highest BCUT2D eigenvalue weighted by Crippen LogP contribution is 2.42. The minimum absolute atomic E-state index is 0.0487. The molecule has 2 aliphatic heterocycles. The van der Waals surface area contributed by atoms with E-state index in [-0.39, 0.29) is 11.9 Å². The topological polar surface area (TPSA) is 35.6 Å². The van der Waals surface area contributed by atoms with E-state index in [1.807, 2.05) is 0 Å². The summed E-state index contributed by atoms with van der Waals surface area (Å²) in [6.07, 6.45) is 0.999. The van der Waals surface area contributed by atoms with Crippen LogP contribution in [0.3, 0.4) is 0 Å². The quantitative estimate of drug-likeness (QED) is 0.902. The zero-order valence-electron chi connectivity index (χ0n) is 14.6. The van der Waals surface area contributed by atoms with Crippen molar-refractivity contribution < 1.29 is 4.79 Å². The largest absolute Gasteiger partial charge is 0.354 e. The third-order valence-corrected chi connectivity index (χ3v) is 5.10. The van der Waals surface area contributed by atoms with Gasteiger partial charge in [-0.25, -0.2) is 0 Å². The minimum Gasteiger partial charge on any atom is -0.354 e. The van der Waals surface area contributed by atoms with Gasteiger partial charge in [-0.1, -0.05) is 44.2 Å². The number of carbonyl (C=O) groups excluding carboxylic acids is 1. The van der Waals surface area contributed by atoms with Gasteiger partial charge in [0.1, 0.15) is 0 Å². The first-order valence-electron chi connectivity index (χ1n) is 8.72. The summed E-state index contributed by atoms with van der Waals surface area (Å²) in [5.41, 5.74) is 1.70. The highest BCUT2D eigenvalue weighted by atomic mass is 16.2. The van der Waals surface area contributed by atoms with E-state index >= 15 is 0 Å². The molecular weight excluding hydrogens is 286 g/mol. The summed E-state index contributed by atoms with van der Waals surface area (Å²) < 4.78 is 0. The van der Waals surface area contributed by atoms with Crippen LogP contribution in [0.15, 0.2) is 30.3 Å². The van der Waals surface area contributed by atoms with Gasteiger partial charge in [-0.15, -0.1) is 0 Å². The van der Waals surface area contributed by atoms with Crippen molar-refractivity contribution >= 4 is 5.91 Å². The number of hydrogen-bond acceptors (Lipinski definition) is 3. The van der Waals surface area contributed by atoms with Gasteiger partial charge < -0.3 is 5.32 Å². The molecule has 126 valence electrons. The average Bonchev–Trinajstić information content (AvgIpc) is 2.83. The van der Waals surface area contributed by atoms with Gasteiger partial charge in [0, 0.05) is 38.1 Å². The molecule has 2 aliphatic rings. The van der Waals surface area contributed by atoms with Gasteiger partial charge in [-0.2, -0.15) is 0 Å². The molecule has 1 spiro atoms. The summed E-state index contributed by atoms with van der Waals surface area (Å²) in [7, 11) is 2.09. The first kappa shape index (κ1) is 16.5. The standard InChI is InChI=1S/C19H29N3O/c1-15(2)10-20-18(23)17-9-19(12-21(17)3)13-22(14-19)11-16-7-5-4-6-8-16/h4-8,15,17H,9-14H2,1-3H3,(H,20,23). The normalized spacial score (nSPS) is 24.1. The summed E-state index contributed by atoms with van der Waals surface area (Å²) in [6.45, 7) is 9.33. The molecule has 23 heavy (non-hydrogen) atoms. The maximum Gasteiger partial charge on any atom is 0.237 e. The van der Waals surface area contributed by atoms with Crippen molar-refractivity contribution in [2.45, 2.75) is 32.9 Å². The van der Waals surface area contributed by atoms with Crippen LogP contribution in [0.25, 0.3) is 0 Å². The van der Waals surface area contributed by atoms with Crippen LogP contribution in [-0.2, 0) is 11.3 Å². The number of carbonyl (C=O) groups is 1. The molecule has 0 aliphatic carbocycles. The Balaban J connectivity index is 1.50. The average molecular weight is 315 g/mol. The maximum absolute atomic E-state index is 12.4. The second-order valence-electron chi connectivity index (χ2n) is 7.90. The van der Waals surface area contributed by atoms with Gasteiger partial charge in [0.15, 0.2) is 0 Å². The molecule has 2 saturated heterocycles. The number of rotatable bonds is 5. The van der Waals surface area contributed by atoms with Crippen molar-refractivity contribution in [2.75, 3.05) is 33.2 Å². The van der Waals surface area contributed by atoms with Crippen LogP contribution in [0.1, 0.15) is 25.8 Å². The highest BCUT2D eigenvalue weighted by molar-refractivity contribution is 5.82. The van der Waals surface area contributed by atoms with Crippen molar-refractivity contribution in [1.82, 2.24) is 15.1 Å². The Morgan fingerprint density at radius 2 is 1.96 bits per heavy atom. The van der Waals surface area contributed by atoms with Gasteiger partial charge in [-0.05, 0) is 24.9 Å². The smallest absolute Gasteiger partial charge is 0.237 e. The molecule has 1 aromatic carbocycles. The van der Waals surface area contributed by atoms with Crippen LogP contribution >= 0.6 is 0 Å². The molecule has 4 nitrogen and oxygen atoms in total. The van der Waals surface area contributed by atoms with E-state index in [2.05, 4.69) is 66.3 Å². The summed E-state index contributed by atoms with van der Waals surface area (Å²) in [6, 6.07) is 10.7. The number of nitrogens with one attached hydrogen (secondary N) is 1. The summed E-state index contributed by atoms with van der Waals surface area (Å²) in [5.74, 6) is 0.712. The molecule has 3 rings (SSSR count). The van der Waals surface area contributed by atoms with Crippen LogP contribution in [0, 0.1) is 11.3 Å². The number of amides is 1. The Hall–Kier alpha value is -1.39. The number of nitrogens with zero attached hydrogens (tertiary/aromatic N) is 2. The molecule has 0 aromatic heterocycles. The van der Waals surface area contributed by atoms with Gasteiger partial charge in [0.2, 0.25) is 5.91 Å². The maximum atomic E-state index is 12.4. The third-order valence-electron chi connectivity index (χ3n) is 5.10. The molecule has 1 amide bonds. The Labute approximate surface area is 139 Å². The van der Waals surface area contributed by atoms with Crippen LogP contribution in [-0.4, -0.2) is 55.0 Å². The predicted octanol–water partition coefficient (Wildman–Crippen LogP) is 1.96. The van der Waals surface area contributed by atoms with E-state index in [1.54, 1.807) is 0 Å². The molecular formula is C19H29N3O. The molecule has 0 radical (unpaired) electrons. The summed E-state index contributed by atoms with van der Waals surface area (Å²) >= 11 is 0. The molecule has 2 fully saturated rings. The first-order chi connectivity index (χ1) is 11.0. The second-order valence-corrected chi connectivity index (χ2v) is 7.90. The monoisotopic (exact) mass is 315 g/mol. The van der Waals surface area contributed by atoms with E-state index < -0.39 is 0 Å². The third kappa shape index (κ3) is 3.75. The van der Waals surface area contributed by atoms with Crippen LogP contribution < -0.4 is 5.32 Å². The number of likely N-dealkylation sites (tertiary alicyclic amines) is 2. The SMILES string of the molecule is CC(C)CNC(=O)C1CC2(CN(Cc3ccccc3)C2)CN1C. The molecule has 1 unspecified atom stereocenters. The van der Waals surface area contributed by atoms with Crippen LogP contribution in [0.5, 0.6) is 0 Å². The Morgan fingerprint density at radius 3 is 2.61 bits per heavy atom. The molecule has 1 aromatic rings. The Kier molecular flexibility index (Phi) is 4.74. The van der Waals surface area contributed by atoms with E-state index in [1.165, 1.54) is 5.56 Å². The fraction of sp³-hybridized carbons (Fsp3) is 0.632. The van der Waals surface area contributed by atoms with Crippen LogP contribution in [0.4, 0.5) is 0 Å². The lowest BCUT2D eigenvalue weighted by Gasteiger charge is -2.48. The summed E-state index contributed by atoms with van der Waals surface area (Å²) in [5, 5.41) is 3.10. The van der Waals surface area contributed by atoms with Crippen molar-refractivity contribution in [3.05, 3.63) is 35.9 Å². The van der Waals surface area contributed by atoms with E-state index in [0.717, 1.165) is 39.1 Å².